The van der Waals surface area contributed by atoms with Crippen LogP contribution in [0, 0.1) is 6.92 Å². The van der Waals surface area contributed by atoms with Crippen molar-refractivity contribution in [1.82, 2.24) is 0 Å². The first kappa shape index (κ1) is 12.6. The van der Waals surface area contributed by atoms with Gasteiger partial charge in [0, 0.05) is 5.33 Å². The summed E-state index contributed by atoms with van der Waals surface area (Å²) in [6.07, 6.45) is -2.71. The van der Waals surface area contributed by atoms with Crippen LogP contribution in [0.25, 0.3) is 0 Å². The van der Waals surface area contributed by atoms with E-state index in [9.17, 15) is 13.2 Å². The topological polar surface area (TPSA) is 0 Å². The third kappa shape index (κ3) is 3.52. The molecule has 0 amide bonds. The lowest BCUT2D eigenvalue weighted by Gasteiger charge is -2.10. The van der Waals surface area contributed by atoms with Gasteiger partial charge in [0.2, 0.25) is 0 Å². The number of rotatable bonds is 3. The minimum atomic E-state index is -4.24. The van der Waals surface area contributed by atoms with E-state index < -0.39 is 11.7 Å². The molecule has 1 aromatic rings. The molecule has 84 valence electrons. The van der Waals surface area contributed by atoms with Crippen LogP contribution in [0.5, 0.6) is 0 Å². The summed E-state index contributed by atoms with van der Waals surface area (Å²) in [6.45, 7) is 1.84. The van der Waals surface area contributed by atoms with E-state index in [0.717, 1.165) is 28.9 Å². The van der Waals surface area contributed by atoms with Crippen LogP contribution in [0.15, 0.2) is 18.2 Å². The fraction of sp³-hybridized carbons (Fsp3) is 0.455. The molecule has 15 heavy (non-hydrogen) atoms. The molecule has 0 fully saturated rings. The highest BCUT2D eigenvalue weighted by molar-refractivity contribution is 9.09. The Morgan fingerprint density at radius 1 is 1.27 bits per heavy atom. The number of alkyl halides is 4. The van der Waals surface area contributed by atoms with Gasteiger partial charge in [-0.3, -0.25) is 0 Å². The van der Waals surface area contributed by atoms with Gasteiger partial charge in [0.1, 0.15) is 0 Å². The van der Waals surface area contributed by atoms with Crippen molar-refractivity contribution in [3.8, 4) is 0 Å². The number of hydrogen-bond acceptors (Lipinski definition) is 0. The molecule has 4 heteroatoms. The van der Waals surface area contributed by atoms with E-state index in [-0.39, 0.29) is 0 Å². The minimum absolute atomic E-state index is 0.558. The quantitative estimate of drug-likeness (QED) is 0.723. The van der Waals surface area contributed by atoms with Crippen molar-refractivity contribution in [1.29, 1.82) is 0 Å². The van der Waals surface area contributed by atoms with Crippen LogP contribution in [-0.4, -0.2) is 5.33 Å². The van der Waals surface area contributed by atoms with E-state index >= 15 is 0 Å². The zero-order valence-electron chi connectivity index (χ0n) is 8.37. The second kappa shape index (κ2) is 5.01. The predicted molar refractivity (Wildman–Crippen MR) is 58.3 cm³/mol. The Morgan fingerprint density at radius 2 is 1.93 bits per heavy atom. The van der Waals surface area contributed by atoms with Gasteiger partial charge in [0.15, 0.2) is 0 Å². The van der Waals surface area contributed by atoms with Crippen LogP contribution in [0.2, 0.25) is 0 Å². The van der Waals surface area contributed by atoms with Crippen LogP contribution in [0.4, 0.5) is 13.2 Å². The van der Waals surface area contributed by atoms with Crippen molar-refractivity contribution in [3.63, 3.8) is 0 Å². The molecule has 0 N–H and O–H groups in total. The van der Waals surface area contributed by atoms with E-state index in [1.807, 2.05) is 6.92 Å². The highest BCUT2D eigenvalue weighted by atomic mass is 79.9. The van der Waals surface area contributed by atoms with Crippen LogP contribution < -0.4 is 0 Å². The van der Waals surface area contributed by atoms with E-state index in [1.165, 1.54) is 12.1 Å². The Labute approximate surface area is 95.6 Å². The van der Waals surface area contributed by atoms with Gasteiger partial charge in [0.05, 0.1) is 5.56 Å². The van der Waals surface area contributed by atoms with Gasteiger partial charge in [0.25, 0.3) is 0 Å². The monoisotopic (exact) mass is 280 g/mol. The lowest BCUT2D eigenvalue weighted by molar-refractivity contribution is -0.137. The predicted octanol–water partition coefficient (Wildman–Crippen LogP) is 4.34. The van der Waals surface area contributed by atoms with Crippen molar-refractivity contribution in [2.45, 2.75) is 25.9 Å². The fourth-order valence-electron chi connectivity index (χ4n) is 1.37. The smallest absolute Gasteiger partial charge is 0.166 e. The maximum absolute atomic E-state index is 12.4. The van der Waals surface area contributed by atoms with E-state index in [0.29, 0.717) is 6.42 Å². The molecule has 0 aromatic heterocycles. The molecule has 0 heterocycles. The van der Waals surface area contributed by atoms with Gasteiger partial charge in [-0.25, -0.2) is 0 Å². The summed E-state index contributed by atoms with van der Waals surface area (Å²) in [7, 11) is 0. The molecule has 0 bridgehead atoms. The first-order valence-electron chi connectivity index (χ1n) is 4.68. The van der Waals surface area contributed by atoms with Crippen LogP contribution in [0.3, 0.4) is 0 Å². The molecule has 0 unspecified atom stereocenters. The molecule has 0 nitrogen and oxygen atoms in total. The SMILES string of the molecule is Cc1ccc(C(F)(F)F)cc1CCCBr. The molecule has 0 aliphatic carbocycles. The molecule has 0 spiro atoms. The normalized spacial score (nSPS) is 11.8. The van der Waals surface area contributed by atoms with Gasteiger partial charge >= 0.3 is 6.18 Å². The van der Waals surface area contributed by atoms with Crippen molar-refractivity contribution in [2.24, 2.45) is 0 Å². The minimum Gasteiger partial charge on any atom is -0.166 e. The Bertz CT molecular complexity index is 331. The lowest BCUT2D eigenvalue weighted by atomic mass is 10.0. The van der Waals surface area contributed by atoms with Gasteiger partial charge < -0.3 is 0 Å². The van der Waals surface area contributed by atoms with Gasteiger partial charge in [-0.1, -0.05) is 22.0 Å². The molecule has 0 saturated heterocycles. The van der Waals surface area contributed by atoms with E-state index in [4.69, 9.17) is 0 Å². The maximum atomic E-state index is 12.4. The molecular weight excluding hydrogens is 269 g/mol. The Morgan fingerprint density at radius 3 is 2.47 bits per heavy atom. The summed E-state index contributed by atoms with van der Waals surface area (Å²) < 4.78 is 37.2. The Hall–Kier alpha value is -0.510. The zero-order valence-corrected chi connectivity index (χ0v) is 9.95. The highest BCUT2D eigenvalue weighted by Crippen LogP contribution is 2.30. The molecule has 0 radical (unpaired) electrons. The average Bonchev–Trinajstić information content (AvgIpc) is 2.15. The fourth-order valence-corrected chi connectivity index (χ4v) is 1.65. The molecule has 0 aliphatic heterocycles. The summed E-state index contributed by atoms with van der Waals surface area (Å²) in [5.74, 6) is 0. The number of benzene rings is 1. The standard InChI is InChI=1S/C11H12BrF3/c1-8-4-5-10(11(13,14)15)7-9(8)3-2-6-12/h4-5,7H,2-3,6H2,1H3. The van der Waals surface area contributed by atoms with E-state index in [2.05, 4.69) is 15.9 Å². The third-order valence-electron chi connectivity index (χ3n) is 2.26. The summed E-state index contributed by atoms with van der Waals surface area (Å²) >= 11 is 3.27. The largest absolute Gasteiger partial charge is 0.416 e. The molecule has 0 saturated carbocycles. The van der Waals surface area contributed by atoms with Crippen molar-refractivity contribution in [2.75, 3.05) is 5.33 Å². The van der Waals surface area contributed by atoms with Crippen LogP contribution in [-0.2, 0) is 12.6 Å². The second-order valence-electron chi connectivity index (χ2n) is 3.43. The lowest BCUT2D eigenvalue weighted by Crippen LogP contribution is -2.06. The van der Waals surface area contributed by atoms with Gasteiger partial charge in [-0.2, -0.15) is 13.2 Å². The molecule has 1 aromatic carbocycles. The number of hydrogen-bond donors (Lipinski definition) is 0. The summed E-state index contributed by atoms with van der Waals surface area (Å²) in [5.41, 5.74) is 1.14. The average molecular weight is 281 g/mol. The first-order valence-corrected chi connectivity index (χ1v) is 5.80. The maximum Gasteiger partial charge on any atom is 0.416 e. The zero-order chi connectivity index (χ0) is 11.5. The molecular formula is C11H12BrF3. The van der Waals surface area contributed by atoms with E-state index in [1.54, 1.807) is 0 Å². The molecule has 0 atom stereocenters. The molecule has 1 rings (SSSR count). The summed E-state index contributed by atoms with van der Waals surface area (Å²) in [4.78, 5) is 0. The van der Waals surface area contributed by atoms with Crippen molar-refractivity contribution in [3.05, 3.63) is 34.9 Å². The first-order chi connectivity index (χ1) is 6.95. The highest BCUT2D eigenvalue weighted by Gasteiger charge is 2.30. The van der Waals surface area contributed by atoms with Crippen LogP contribution in [0.1, 0.15) is 23.1 Å². The summed E-state index contributed by atoms with van der Waals surface area (Å²) in [5, 5.41) is 0.808. The summed E-state index contributed by atoms with van der Waals surface area (Å²) in [6, 6.07) is 3.91. The number of aryl methyl sites for hydroxylation is 2. The van der Waals surface area contributed by atoms with Crippen molar-refractivity contribution < 1.29 is 13.2 Å². The third-order valence-corrected chi connectivity index (χ3v) is 2.82. The van der Waals surface area contributed by atoms with Crippen molar-refractivity contribution >= 4 is 15.9 Å². The van der Waals surface area contributed by atoms with Crippen LogP contribution >= 0.6 is 15.9 Å². The number of halogens is 4. The van der Waals surface area contributed by atoms with Gasteiger partial charge in [-0.15, -0.1) is 0 Å². The second-order valence-corrected chi connectivity index (χ2v) is 4.22. The Balaban J connectivity index is 2.95. The molecule has 0 aliphatic rings. The van der Waals surface area contributed by atoms with Gasteiger partial charge in [-0.05, 0) is 43.0 Å². The Kier molecular flexibility index (Phi) is 4.20.